The Morgan fingerprint density at radius 2 is 1.88 bits per heavy atom. The van der Waals surface area contributed by atoms with E-state index in [1.165, 1.54) is 29.2 Å². The fourth-order valence-corrected chi connectivity index (χ4v) is 3.35. The average Bonchev–Trinajstić information content (AvgIpc) is 3.03. The van der Waals surface area contributed by atoms with Gasteiger partial charge < -0.3 is 9.64 Å². The molecule has 1 heterocycles. The van der Waals surface area contributed by atoms with E-state index < -0.39 is 18.5 Å². The summed E-state index contributed by atoms with van der Waals surface area (Å²) in [5, 5.41) is 4.82. The van der Waals surface area contributed by atoms with Crippen molar-refractivity contribution in [3.05, 3.63) is 94.0 Å². The maximum absolute atomic E-state index is 13.3. The molecular weight excluding hydrogens is 433 g/mol. The third-order valence-corrected chi connectivity index (χ3v) is 5.14. The lowest BCUT2D eigenvalue weighted by molar-refractivity contribution is -0.147. The number of hydrogen-bond donors (Lipinski definition) is 0. The van der Waals surface area contributed by atoms with Crippen molar-refractivity contribution >= 4 is 29.6 Å². The molecule has 0 aliphatic heterocycles. The minimum absolute atomic E-state index is 0.208. The third kappa shape index (κ3) is 6.28. The second kappa shape index (κ2) is 10.7. The molecule has 0 N–H and O–H groups in total. The number of hydrogen-bond acceptors (Lipinski definition) is 4. The molecule has 8 heteroatoms. The highest BCUT2D eigenvalue weighted by atomic mass is 35.5. The van der Waals surface area contributed by atoms with Crippen LogP contribution in [-0.4, -0.2) is 40.2 Å². The summed E-state index contributed by atoms with van der Waals surface area (Å²) in [6.45, 7) is 2.09. The van der Waals surface area contributed by atoms with Crippen molar-refractivity contribution in [2.24, 2.45) is 0 Å². The number of ether oxygens (including phenoxy) is 1. The number of benzene rings is 2. The molecule has 32 heavy (non-hydrogen) atoms. The molecule has 0 saturated heterocycles. The van der Waals surface area contributed by atoms with Gasteiger partial charge in [0.25, 0.3) is 5.91 Å². The van der Waals surface area contributed by atoms with Gasteiger partial charge in [-0.3, -0.25) is 4.79 Å². The number of amides is 1. The smallest absolute Gasteiger partial charge is 0.331 e. The van der Waals surface area contributed by atoms with E-state index in [1.807, 2.05) is 30.3 Å². The van der Waals surface area contributed by atoms with Gasteiger partial charge in [-0.05, 0) is 36.3 Å². The number of carbonyl (C=O) groups excluding carboxylic acids is 2. The van der Waals surface area contributed by atoms with E-state index in [1.54, 1.807) is 30.8 Å². The highest BCUT2D eigenvalue weighted by Crippen LogP contribution is 2.22. The molecule has 0 saturated carbocycles. The topological polar surface area (TPSA) is 64.4 Å². The molecule has 0 atom stereocenters. The highest BCUT2D eigenvalue weighted by molar-refractivity contribution is 6.31. The molecule has 0 bridgehead atoms. The molecule has 0 fully saturated rings. The molecule has 0 aliphatic carbocycles. The summed E-state index contributed by atoms with van der Waals surface area (Å²) < 4.78 is 20.0. The van der Waals surface area contributed by atoms with E-state index in [9.17, 15) is 14.0 Å². The minimum Gasteiger partial charge on any atom is -0.452 e. The van der Waals surface area contributed by atoms with Gasteiger partial charge in [0, 0.05) is 25.2 Å². The van der Waals surface area contributed by atoms with Crippen LogP contribution >= 0.6 is 11.6 Å². The quantitative estimate of drug-likeness (QED) is 0.376. The maximum Gasteiger partial charge on any atom is 0.331 e. The van der Waals surface area contributed by atoms with Crippen LogP contribution in [0.1, 0.15) is 22.4 Å². The van der Waals surface area contributed by atoms with Gasteiger partial charge in [0.1, 0.15) is 11.0 Å². The first-order valence-corrected chi connectivity index (χ1v) is 10.3. The Bertz CT molecular complexity index is 1130. The highest BCUT2D eigenvalue weighted by Gasteiger charge is 2.14. The molecular formula is C24H23ClFN3O3. The second-order valence-electron chi connectivity index (χ2n) is 7.25. The average molecular weight is 456 g/mol. The van der Waals surface area contributed by atoms with Crippen LogP contribution in [0.15, 0.2) is 60.7 Å². The maximum atomic E-state index is 13.3. The lowest BCUT2D eigenvalue weighted by atomic mass is 10.2. The van der Waals surface area contributed by atoms with Crippen LogP contribution in [0.4, 0.5) is 4.39 Å². The number of aromatic nitrogens is 2. The summed E-state index contributed by atoms with van der Waals surface area (Å²) in [7, 11) is 1.56. The Morgan fingerprint density at radius 3 is 2.59 bits per heavy atom. The van der Waals surface area contributed by atoms with Crippen LogP contribution in [0.5, 0.6) is 0 Å². The molecule has 1 amide bonds. The summed E-state index contributed by atoms with van der Waals surface area (Å²) in [4.78, 5) is 25.6. The fraction of sp³-hybridized carbons (Fsp3) is 0.208. The number of halogens is 2. The monoisotopic (exact) mass is 455 g/mol. The zero-order valence-corrected chi connectivity index (χ0v) is 18.6. The van der Waals surface area contributed by atoms with E-state index in [4.69, 9.17) is 16.3 Å². The summed E-state index contributed by atoms with van der Waals surface area (Å²) in [5.41, 5.74) is 2.97. The number of aryl methyl sites for hydroxylation is 1. The Kier molecular flexibility index (Phi) is 7.78. The van der Waals surface area contributed by atoms with Crippen molar-refractivity contribution < 1.29 is 18.7 Å². The van der Waals surface area contributed by atoms with Crippen molar-refractivity contribution in [2.45, 2.75) is 20.0 Å². The minimum atomic E-state index is -0.677. The first kappa shape index (κ1) is 23.2. The summed E-state index contributed by atoms with van der Waals surface area (Å²) in [6, 6.07) is 15.7. The predicted octanol–water partition coefficient (Wildman–Crippen LogP) is 4.25. The predicted molar refractivity (Wildman–Crippen MR) is 120 cm³/mol. The first-order chi connectivity index (χ1) is 15.3. The van der Waals surface area contributed by atoms with Gasteiger partial charge in [-0.1, -0.05) is 54.1 Å². The van der Waals surface area contributed by atoms with Crippen LogP contribution in [-0.2, 0) is 27.4 Å². The molecule has 1 aromatic heterocycles. The largest absolute Gasteiger partial charge is 0.452 e. The molecule has 2 aromatic carbocycles. The van der Waals surface area contributed by atoms with Gasteiger partial charge in [-0.2, -0.15) is 5.10 Å². The molecule has 0 spiro atoms. The Morgan fingerprint density at radius 1 is 1.16 bits per heavy atom. The zero-order chi connectivity index (χ0) is 23.1. The van der Waals surface area contributed by atoms with Gasteiger partial charge in [0.05, 0.1) is 12.2 Å². The van der Waals surface area contributed by atoms with Gasteiger partial charge in [0.15, 0.2) is 6.61 Å². The lowest BCUT2D eigenvalue weighted by Crippen LogP contribution is -2.30. The zero-order valence-electron chi connectivity index (χ0n) is 17.8. The van der Waals surface area contributed by atoms with Gasteiger partial charge >= 0.3 is 5.97 Å². The van der Waals surface area contributed by atoms with Crippen molar-refractivity contribution in [1.29, 1.82) is 0 Å². The standard InChI is InChI=1S/C24H23ClFN3O3/c1-17-21(24(25)29(27-17)15-18-7-4-3-5-8-18)11-12-23(31)32-16-22(30)28(2)14-19-9-6-10-20(26)13-19/h3-13H,14-16H2,1-2H3/b12-11+. The number of carbonyl (C=O) groups is 2. The second-order valence-corrected chi connectivity index (χ2v) is 7.61. The fourth-order valence-electron chi connectivity index (χ4n) is 3.06. The van der Waals surface area contributed by atoms with E-state index in [2.05, 4.69) is 5.10 Å². The van der Waals surface area contributed by atoms with E-state index in [0.717, 1.165) is 5.56 Å². The lowest BCUT2D eigenvalue weighted by Gasteiger charge is -2.17. The van der Waals surface area contributed by atoms with Crippen molar-refractivity contribution in [2.75, 3.05) is 13.7 Å². The van der Waals surface area contributed by atoms with Crippen LogP contribution in [0.3, 0.4) is 0 Å². The number of esters is 1. The SMILES string of the molecule is Cc1nn(Cc2ccccc2)c(Cl)c1/C=C/C(=O)OCC(=O)N(C)Cc1cccc(F)c1. The molecule has 3 rings (SSSR count). The molecule has 0 aliphatic rings. The van der Waals surface area contributed by atoms with Crippen LogP contribution in [0, 0.1) is 12.7 Å². The van der Waals surface area contributed by atoms with Crippen LogP contribution in [0.2, 0.25) is 5.15 Å². The number of nitrogens with zero attached hydrogens (tertiary/aromatic N) is 3. The van der Waals surface area contributed by atoms with E-state index in [-0.39, 0.29) is 12.4 Å². The molecule has 6 nitrogen and oxygen atoms in total. The van der Waals surface area contributed by atoms with Crippen molar-refractivity contribution in [1.82, 2.24) is 14.7 Å². The van der Waals surface area contributed by atoms with Crippen LogP contribution in [0.25, 0.3) is 6.08 Å². The normalized spacial score (nSPS) is 11.0. The molecule has 3 aromatic rings. The summed E-state index contributed by atoms with van der Waals surface area (Å²) in [5.74, 6) is -1.45. The van der Waals surface area contributed by atoms with Crippen molar-refractivity contribution in [3.63, 3.8) is 0 Å². The van der Waals surface area contributed by atoms with Crippen LogP contribution < -0.4 is 0 Å². The molecule has 0 unspecified atom stereocenters. The molecule has 166 valence electrons. The van der Waals surface area contributed by atoms with Gasteiger partial charge in [-0.25, -0.2) is 13.9 Å². The number of likely N-dealkylation sites (N-methyl/N-ethyl adjacent to an activating group) is 1. The van der Waals surface area contributed by atoms with E-state index in [0.29, 0.717) is 28.5 Å². The molecule has 0 radical (unpaired) electrons. The van der Waals surface area contributed by atoms with Gasteiger partial charge in [0.2, 0.25) is 0 Å². The summed E-state index contributed by atoms with van der Waals surface area (Å²) in [6.07, 6.45) is 2.73. The Balaban J connectivity index is 1.54. The van der Waals surface area contributed by atoms with Crippen molar-refractivity contribution in [3.8, 4) is 0 Å². The first-order valence-electron chi connectivity index (χ1n) is 9.93. The number of rotatable bonds is 8. The third-order valence-electron chi connectivity index (χ3n) is 4.74. The summed E-state index contributed by atoms with van der Waals surface area (Å²) >= 11 is 6.43. The Labute approximate surface area is 190 Å². The van der Waals surface area contributed by atoms with Gasteiger partial charge in [-0.15, -0.1) is 0 Å². The Hall–Kier alpha value is -3.45. The van der Waals surface area contributed by atoms with E-state index >= 15 is 0 Å².